The molecule has 2 aromatic rings. The molecule has 0 aliphatic heterocycles. The van der Waals surface area contributed by atoms with E-state index in [1.54, 1.807) is 25.5 Å². The Labute approximate surface area is 124 Å². The van der Waals surface area contributed by atoms with Gasteiger partial charge in [0, 0.05) is 12.6 Å². The highest BCUT2D eigenvalue weighted by molar-refractivity contribution is 5.30. The first-order valence-electron chi connectivity index (χ1n) is 7.36. The molecule has 1 fully saturated rings. The summed E-state index contributed by atoms with van der Waals surface area (Å²) in [6, 6.07) is 12.0. The smallest absolute Gasteiger partial charge is 0.133 e. The van der Waals surface area contributed by atoms with Gasteiger partial charge in [-0.25, -0.2) is 0 Å². The lowest BCUT2D eigenvalue weighted by molar-refractivity contribution is 0.142. The highest BCUT2D eigenvalue weighted by Gasteiger charge is 2.32. The molecule has 2 N–H and O–H groups in total. The highest BCUT2D eigenvalue weighted by Crippen LogP contribution is 2.41. The molecule has 0 saturated heterocycles. The molecule has 0 radical (unpaired) electrons. The molecule has 0 spiro atoms. The third-order valence-corrected chi connectivity index (χ3v) is 3.97. The largest absolute Gasteiger partial charge is 0.497 e. The Balaban J connectivity index is 1.64. The van der Waals surface area contributed by atoms with E-state index >= 15 is 0 Å². The Hall–Kier alpha value is -1.78. The van der Waals surface area contributed by atoms with Crippen molar-refractivity contribution in [1.82, 2.24) is 5.32 Å². The van der Waals surface area contributed by atoms with Gasteiger partial charge in [-0.05, 0) is 48.6 Å². The summed E-state index contributed by atoms with van der Waals surface area (Å²) in [6.45, 7) is 0.487. The highest BCUT2D eigenvalue weighted by atomic mass is 16.5. The van der Waals surface area contributed by atoms with E-state index in [0.29, 0.717) is 18.2 Å². The fraction of sp³-hybridized carbons (Fsp3) is 0.412. The zero-order valence-corrected chi connectivity index (χ0v) is 12.2. The maximum atomic E-state index is 10.1. The van der Waals surface area contributed by atoms with E-state index in [-0.39, 0.29) is 6.04 Å². The van der Waals surface area contributed by atoms with E-state index in [9.17, 15) is 5.11 Å². The summed E-state index contributed by atoms with van der Waals surface area (Å²) in [6.07, 6.45) is 3.45. The van der Waals surface area contributed by atoms with Gasteiger partial charge in [0.05, 0.1) is 13.4 Å². The van der Waals surface area contributed by atoms with Crippen LogP contribution in [0.4, 0.5) is 0 Å². The molecule has 1 aliphatic carbocycles. The third kappa shape index (κ3) is 3.46. The van der Waals surface area contributed by atoms with Gasteiger partial charge >= 0.3 is 0 Å². The van der Waals surface area contributed by atoms with Crippen LogP contribution in [0.2, 0.25) is 0 Å². The van der Waals surface area contributed by atoms with Crippen molar-refractivity contribution < 1.29 is 14.3 Å². The topological polar surface area (TPSA) is 54.6 Å². The Morgan fingerprint density at radius 1 is 1.29 bits per heavy atom. The fourth-order valence-electron chi connectivity index (χ4n) is 2.62. The van der Waals surface area contributed by atoms with Crippen molar-refractivity contribution in [3.63, 3.8) is 0 Å². The maximum Gasteiger partial charge on any atom is 0.133 e. The van der Waals surface area contributed by atoms with Crippen molar-refractivity contribution >= 4 is 0 Å². The van der Waals surface area contributed by atoms with Gasteiger partial charge in [-0.2, -0.15) is 0 Å². The SMILES string of the molecule is COc1ccc(C(NCC(O)c2ccco2)C2CC2)cc1. The number of nitrogens with one attached hydrogen (secondary N) is 1. The normalized spacial score (nSPS) is 17.4. The minimum atomic E-state index is -0.612. The van der Waals surface area contributed by atoms with Crippen molar-refractivity contribution in [3.05, 3.63) is 54.0 Å². The van der Waals surface area contributed by atoms with E-state index in [4.69, 9.17) is 9.15 Å². The van der Waals surface area contributed by atoms with Crippen molar-refractivity contribution in [2.45, 2.75) is 25.0 Å². The lowest BCUT2D eigenvalue weighted by atomic mass is 10.0. The predicted octanol–water partition coefficient (Wildman–Crippen LogP) is 3.06. The van der Waals surface area contributed by atoms with E-state index in [2.05, 4.69) is 17.4 Å². The maximum absolute atomic E-state index is 10.1. The molecule has 2 atom stereocenters. The van der Waals surface area contributed by atoms with Crippen molar-refractivity contribution in [3.8, 4) is 5.75 Å². The molecule has 1 heterocycles. The summed E-state index contributed by atoms with van der Waals surface area (Å²) in [4.78, 5) is 0. The van der Waals surface area contributed by atoms with Gasteiger partial charge in [0.25, 0.3) is 0 Å². The second-order valence-corrected chi connectivity index (χ2v) is 5.53. The molecule has 1 aromatic heterocycles. The summed E-state index contributed by atoms with van der Waals surface area (Å²) >= 11 is 0. The monoisotopic (exact) mass is 287 g/mol. The first-order valence-corrected chi connectivity index (χ1v) is 7.36. The average molecular weight is 287 g/mol. The van der Waals surface area contributed by atoms with Gasteiger partial charge in [-0.3, -0.25) is 0 Å². The molecule has 112 valence electrons. The zero-order valence-electron chi connectivity index (χ0n) is 12.2. The Kier molecular flexibility index (Phi) is 4.27. The van der Waals surface area contributed by atoms with E-state index in [0.717, 1.165) is 5.75 Å². The van der Waals surface area contributed by atoms with Crippen LogP contribution in [0.3, 0.4) is 0 Å². The zero-order chi connectivity index (χ0) is 14.7. The Morgan fingerprint density at radius 2 is 2.05 bits per heavy atom. The second kappa shape index (κ2) is 6.33. The summed E-state index contributed by atoms with van der Waals surface area (Å²) < 4.78 is 10.4. The minimum Gasteiger partial charge on any atom is -0.497 e. The van der Waals surface area contributed by atoms with Crippen molar-refractivity contribution in [2.75, 3.05) is 13.7 Å². The molecule has 4 nitrogen and oxygen atoms in total. The van der Waals surface area contributed by atoms with Crippen LogP contribution < -0.4 is 10.1 Å². The molecular formula is C17H21NO3. The van der Waals surface area contributed by atoms with Crippen LogP contribution in [0.1, 0.15) is 36.3 Å². The van der Waals surface area contributed by atoms with E-state index < -0.39 is 6.10 Å². The van der Waals surface area contributed by atoms with Crippen LogP contribution in [-0.4, -0.2) is 18.8 Å². The van der Waals surface area contributed by atoms with Crippen LogP contribution in [0, 0.1) is 5.92 Å². The van der Waals surface area contributed by atoms with E-state index in [1.165, 1.54) is 18.4 Å². The number of benzene rings is 1. The number of aliphatic hydroxyl groups is 1. The number of ether oxygens (including phenoxy) is 1. The van der Waals surface area contributed by atoms with Crippen molar-refractivity contribution in [2.24, 2.45) is 5.92 Å². The molecule has 3 rings (SSSR count). The molecule has 1 aromatic carbocycles. The lowest BCUT2D eigenvalue weighted by Crippen LogP contribution is -2.27. The molecular weight excluding hydrogens is 266 g/mol. The van der Waals surface area contributed by atoms with Crippen LogP contribution in [0.5, 0.6) is 5.75 Å². The van der Waals surface area contributed by atoms with Crippen LogP contribution in [-0.2, 0) is 0 Å². The predicted molar refractivity (Wildman–Crippen MR) is 80.1 cm³/mol. The average Bonchev–Trinajstić information content (AvgIpc) is 3.20. The summed E-state index contributed by atoms with van der Waals surface area (Å²) in [5.74, 6) is 2.12. The van der Waals surface area contributed by atoms with Crippen LogP contribution >= 0.6 is 0 Å². The van der Waals surface area contributed by atoms with Crippen molar-refractivity contribution in [1.29, 1.82) is 0 Å². The Morgan fingerprint density at radius 3 is 2.62 bits per heavy atom. The molecule has 4 heteroatoms. The fourth-order valence-corrected chi connectivity index (χ4v) is 2.62. The van der Waals surface area contributed by atoms with Gasteiger partial charge in [-0.15, -0.1) is 0 Å². The standard InChI is InChI=1S/C17H21NO3/c1-20-14-8-6-13(7-9-14)17(12-4-5-12)18-11-15(19)16-3-2-10-21-16/h2-3,6-10,12,15,17-19H,4-5,11H2,1H3. The number of hydrogen-bond acceptors (Lipinski definition) is 4. The first kappa shape index (κ1) is 14.2. The number of methoxy groups -OCH3 is 1. The van der Waals surface area contributed by atoms with Gasteiger partial charge < -0.3 is 19.6 Å². The molecule has 21 heavy (non-hydrogen) atoms. The van der Waals surface area contributed by atoms with Crippen LogP contribution in [0.25, 0.3) is 0 Å². The van der Waals surface area contributed by atoms with Crippen LogP contribution in [0.15, 0.2) is 47.1 Å². The molecule has 2 unspecified atom stereocenters. The van der Waals surface area contributed by atoms with E-state index in [1.807, 2.05) is 12.1 Å². The second-order valence-electron chi connectivity index (χ2n) is 5.53. The number of rotatable bonds is 7. The summed E-state index contributed by atoms with van der Waals surface area (Å²) in [5.41, 5.74) is 1.24. The number of furan rings is 1. The third-order valence-electron chi connectivity index (χ3n) is 3.97. The summed E-state index contributed by atoms with van der Waals surface area (Å²) in [7, 11) is 1.67. The minimum absolute atomic E-state index is 0.278. The van der Waals surface area contributed by atoms with Gasteiger partial charge in [0.15, 0.2) is 0 Å². The number of aliphatic hydroxyl groups excluding tert-OH is 1. The first-order chi connectivity index (χ1) is 10.3. The van der Waals surface area contributed by atoms with Gasteiger partial charge in [-0.1, -0.05) is 12.1 Å². The lowest BCUT2D eigenvalue weighted by Gasteiger charge is -2.20. The number of hydrogen-bond donors (Lipinski definition) is 2. The molecule has 0 bridgehead atoms. The summed E-state index contributed by atoms with van der Waals surface area (Å²) in [5, 5.41) is 13.6. The van der Waals surface area contributed by atoms with Gasteiger partial charge in [0.2, 0.25) is 0 Å². The quantitative estimate of drug-likeness (QED) is 0.822. The molecule has 1 aliphatic rings. The molecule has 1 saturated carbocycles. The van der Waals surface area contributed by atoms with Gasteiger partial charge in [0.1, 0.15) is 17.6 Å². The molecule has 0 amide bonds. The Bertz CT molecular complexity index is 546.